The fourth-order valence-corrected chi connectivity index (χ4v) is 3.95. The first kappa shape index (κ1) is 20.5. The normalized spacial score (nSPS) is 26.8. The van der Waals surface area contributed by atoms with Gasteiger partial charge in [0.25, 0.3) is 0 Å². The summed E-state index contributed by atoms with van der Waals surface area (Å²) in [7, 11) is 3.56. The maximum Gasteiger partial charge on any atom is 0.236 e. The van der Waals surface area contributed by atoms with Crippen LogP contribution in [0, 0.1) is 0 Å². The molecule has 3 saturated heterocycles. The molecule has 3 rings (SSSR count). The molecular formula is C19H33N3O5. The van der Waals surface area contributed by atoms with Gasteiger partial charge < -0.3 is 24.0 Å². The number of piperidine rings is 1. The molecule has 1 unspecified atom stereocenters. The van der Waals surface area contributed by atoms with Gasteiger partial charge in [-0.15, -0.1) is 0 Å². The van der Waals surface area contributed by atoms with Gasteiger partial charge in [0, 0.05) is 40.3 Å². The molecule has 0 N–H and O–H groups in total. The lowest BCUT2D eigenvalue weighted by Crippen LogP contribution is -2.49. The van der Waals surface area contributed by atoms with Crippen molar-refractivity contribution in [3.8, 4) is 0 Å². The van der Waals surface area contributed by atoms with Gasteiger partial charge in [0.2, 0.25) is 11.8 Å². The number of rotatable bonds is 5. The molecule has 0 aromatic carbocycles. The second-order valence-electron chi connectivity index (χ2n) is 8.01. The van der Waals surface area contributed by atoms with E-state index in [0.717, 1.165) is 32.4 Å². The Labute approximate surface area is 161 Å². The van der Waals surface area contributed by atoms with Gasteiger partial charge in [-0.3, -0.25) is 14.5 Å². The van der Waals surface area contributed by atoms with E-state index < -0.39 is 0 Å². The van der Waals surface area contributed by atoms with E-state index in [-0.39, 0.29) is 23.5 Å². The highest BCUT2D eigenvalue weighted by Gasteiger charge is 2.40. The van der Waals surface area contributed by atoms with Crippen LogP contribution in [0.3, 0.4) is 0 Å². The van der Waals surface area contributed by atoms with Crippen LogP contribution in [0.25, 0.3) is 0 Å². The fourth-order valence-electron chi connectivity index (χ4n) is 3.95. The number of hydrogen-bond donors (Lipinski definition) is 0. The largest absolute Gasteiger partial charge is 0.376 e. The number of amides is 2. The zero-order chi connectivity index (χ0) is 19.3. The topological polar surface area (TPSA) is 71.6 Å². The Hall–Kier alpha value is -1.22. The van der Waals surface area contributed by atoms with E-state index >= 15 is 0 Å². The predicted octanol–water partition coefficient (Wildman–Crippen LogP) is -0.0364. The number of carbonyl (C=O) groups excluding carboxylic acids is 2. The van der Waals surface area contributed by atoms with Crippen LogP contribution in [0.1, 0.15) is 25.7 Å². The second kappa shape index (κ2) is 9.32. The number of nitrogens with zero attached hydrogens (tertiary/aromatic N) is 3. The maximum absolute atomic E-state index is 12.8. The lowest BCUT2D eigenvalue weighted by Gasteiger charge is -2.40. The van der Waals surface area contributed by atoms with Crippen molar-refractivity contribution in [3.05, 3.63) is 0 Å². The summed E-state index contributed by atoms with van der Waals surface area (Å²) in [6.45, 7) is 5.83. The van der Waals surface area contributed by atoms with Crippen LogP contribution in [0.15, 0.2) is 0 Å². The average Bonchev–Trinajstić information content (AvgIpc) is 2.81. The van der Waals surface area contributed by atoms with Crippen molar-refractivity contribution in [2.45, 2.75) is 37.4 Å². The smallest absolute Gasteiger partial charge is 0.236 e. The molecule has 27 heavy (non-hydrogen) atoms. The molecule has 1 atom stereocenters. The predicted molar refractivity (Wildman–Crippen MR) is 99.4 cm³/mol. The first-order chi connectivity index (χ1) is 13.0. The second-order valence-corrected chi connectivity index (χ2v) is 8.01. The molecule has 0 aromatic rings. The quantitative estimate of drug-likeness (QED) is 0.664. The Kier molecular flexibility index (Phi) is 7.08. The molecule has 154 valence electrons. The van der Waals surface area contributed by atoms with Gasteiger partial charge >= 0.3 is 0 Å². The van der Waals surface area contributed by atoms with E-state index in [4.69, 9.17) is 14.2 Å². The van der Waals surface area contributed by atoms with Gasteiger partial charge in [-0.05, 0) is 19.3 Å². The SMILES string of the molecule is CN(C)C(=O)CN1CCC2(CC1)CC(=O)N(CCC1COCCO1)CCO2. The Morgan fingerprint density at radius 2 is 1.96 bits per heavy atom. The Morgan fingerprint density at radius 1 is 1.19 bits per heavy atom. The molecule has 3 aliphatic heterocycles. The number of likely N-dealkylation sites (tertiary alicyclic amines) is 1. The van der Waals surface area contributed by atoms with E-state index in [1.807, 2.05) is 4.90 Å². The van der Waals surface area contributed by atoms with E-state index in [0.29, 0.717) is 52.5 Å². The molecule has 2 amide bonds. The lowest BCUT2D eigenvalue weighted by molar-refractivity contribution is -0.138. The summed E-state index contributed by atoms with van der Waals surface area (Å²) >= 11 is 0. The third kappa shape index (κ3) is 5.63. The standard InChI is InChI=1S/C19H33N3O5/c1-20(2)18(24)14-21-7-4-19(5-8-21)13-17(23)22(9-10-27-19)6-3-16-15-25-11-12-26-16/h16H,3-15H2,1-2H3. The molecule has 3 aliphatic rings. The summed E-state index contributed by atoms with van der Waals surface area (Å²) in [6.07, 6.45) is 2.92. The molecule has 0 radical (unpaired) electrons. The van der Waals surface area contributed by atoms with Gasteiger partial charge in [-0.25, -0.2) is 0 Å². The van der Waals surface area contributed by atoms with Crippen LogP contribution in [-0.4, -0.2) is 111 Å². The van der Waals surface area contributed by atoms with Gasteiger partial charge in [-0.2, -0.15) is 0 Å². The van der Waals surface area contributed by atoms with Crippen LogP contribution >= 0.6 is 0 Å². The summed E-state index contributed by atoms with van der Waals surface area (Å²) in [4.78, 5) is 30.4. The van der Waals surface area contributed by atoms with Crippen LogP contribution in [0.5, 0.6) is 0 Å². The van der Waals surface area contributed by atoms with E-state index in [9.17, 15) is 9.59 Å². The minimum Gasteiger partial charge on any atom is -0.376 e. The number of carbonyl (C=O) groups is 2. The Balaban J connectivity index is 1.47. The summed E-state index contributed by atoms with van der Waals surface area (Å²) in [6, 6.07) is 0. The van der Waals surface area contributed by atoms with Crippen LogP contribution in [0.2, 0.25) is 0 Å². The van der Waals surface area contributed by atoms with Crippen LogP contribution in [-0.2, 0) is 23.8 Å². The van der Waals surface area contributed by atoms with Crippen molar-refractivity contribution in [3.63, 3.8) is 0 Å². The summed E-state index contributed by atoms with van der Waals surface area (Å²) in [5.41, 5.74) is -0.367. The van der Waals surface area contributed by atoms with E-state index in [1.54, 1.807) is 19.0 Å². The van der Waals surface area contributed by atoms with Crippen molar-refractivity contribution in [2.24, 2.45) is 0 Å². The Bertz CT molecular complexity index is 513. The maximum atomic E-state index is 12.8. The highest BCUT2D eigenvalue weighted by atomic mass is 16.6. The summed E-state index contributed by atoms with van der Waals surface area (Å²) in [5.74, 6) is 0.283. The van der Waals surface area contributed by atoms with E-state index in [2.05, 4.69) is 4.90 Å². The highest BCUT2D eigenvalue weighted by molar-refractivity contribution is 5.78. The molecular weight excluding hydrogens is 350 g/mol. The first-order valence-electron chi connectivity index (χ1n) is 10.0. The molecule has 1 spiro atoms. The minimum absolute atomic E-state index is 0.0853. The number of likely N-dealkylation sites (N-methyl/N-ethyl adjacent to an activating group) is 1. The number of hydrogen-bond acceptors (Lipinski definition) is 6. The molecule has 8 nitrogen and oxygen atoms in total. The molecule has 0 aromatic heterocycles. The fraction of sp³-hybridized carbons (Fsp3) is 0.895. The molecule has 0 aliphatic carbocycles. The van der Waals surface area contributed by atoms with Crippen molar-refractivity contribution >= 4 is 11.8 Å². The zero-order valence-electron chi connectivity index (χ0n) is 16.7. The van der Waals surface area contributed by atoms with Crippen molar-refractivity contribution in [1.29, 1.82) is 0 Å². The molecule has 0 saturated carbocycles. The third-order valence-electron chi connectivity index (χ3n) is 5.83. The van der Waals surface area contributed by atoms with Crippen molar-refractivity contribution in [1.82, 2.24) is 14.7 Å². The first-order valence-corrected chi connectivity index (χ1v) is 10.0. The monoisotopic (exact) mass is 383 g/mol. The number of ether oxygens (including phenoxy) is 3. The molecule has 0 bridgehead atoms. The lowest BCUT2D eigenvalue weighted by atomic mass is 9.87. The summed E-state index contributed by atoms with van der Waals surface area (Å²) < 4.78 is 17.3. The van der Waals surface area contributed by atoms with Crippen molar-refractivity contribution in [2.75, 3.05) is 73.2 Å². The third-order valence-corrected chi connectivity index (χ3v) is 5.83. The van der Waals surface area contributed by atoms with E-state index in [1.165, 1.54) is 0 Å². The molecule has 3 fully saturated rings. The molecule has 8 heteroatoms. The van der Waals surface area contributed by atoms with Gasteiger partial charge in [0.15, 0.2) is 0 Å². The van der Waals surface area contributed by atoms with Crippen LogP contribution in [0.4, 0.5) is 0 Å². The van der Waals surface area contributed by atoms with Gasteiger partial charge in [0.1, 0.15) is 0 Å². The minimum atomic E-state index is -0.367. The van der Waals surface area contributed by atoms with Crippen molar-refractivity contribution < 1.29 is 23.8 Å². The van der Waals surface area contributed by atoms with Crippen LogP contribution < -0.4 is 0 Å². The van der Waals surface area contributed by atoms with Gasteiger partial charge in [-0.1, -0.05) is 0 Å². The van der Waals surface area contributed by atoms with Gasteiger partial charge in [0.05, 0.1) is 51.1 Å². The average molecular weight is 383 g/mol. The summed E-state index contributed by atoms with van der Waals surface area (Å²) in [5, 5.41) is 0. The highest BCUT2D eigenvalue weighted by Crippen LogP contribution is 2.32. The molecule has 3 heterocycles. The Morgan fingerprint density at radius 3 is 2.63 bits per heavy atom. The zero-order valence-corrected chi connectivity index (χ0v) is 16.7.